The Morgan fingerprint density at radius 3 is 2.50 bits per heavy atom. The van der Waals surface area contributed by atoms with Crippen LogP contribution in [0.4, 0.5) is 5.95 Å². The van der Waals surface area contributed by atoms with Crippen molar-refractivity contribution in [1.82, 2.24) is 39.5 Å². The molecule has 4 aromatic rings. The average Bonchev–Trinajstić information content (AvgIpc) is 3.46. The number of hydrogen-bond acceptors (Lipinski definition) is 12. The van der Waals surface area contributed by atoms with E-state index in [-0.39, 0.29) is 17.1 Å². The van der Waals surface area contributed by atoms with Crippen LogP contribution in [0.3, 0.4) is 0 Å². The topological polar surface area (TPSA) is 292 Å². The van der Waals surface area contributed by atoms with Crippen molar-refractivity contribution in [2.24, 2.45) is 0 Å². The molecule has 0 spiro atoms. The number of rotatable bonds is 2. The molecule has 1 fully saturated rings. The first-order valence-corrected chi connectivity index (χ1v) is 10.8. The quantitative estimate of drug-likeness (QED) is 0.122. The van der Waals surface area contributed by atoms with Gasteiger partial charge in [0.25, 0.3) is 5.56 Å². The number of nitrogens with zero attached hydrogens (tertiary/aromatic N) is 6. The standard InChI is InChI=1S/C10H13N5O5.C5H4N4.H3O4P/c11-10-13-7-4(8(19)14-10)12-2-15(7)9-6(18)5(17)3(1-16)20-9;1-4-5(8-2-6-1)9-3-7-4;1-5(2,3)4/h2-3,5-6,9,16-18H,1H2,(H3,11,13,14,19);1-3H,(H,6,7,8,9);(H3,1,2,3,4)/t3-,5-,6-,9-;;/m1../s1. The number of aromatic amines is 2. The number of phosphoric acid groups is 1. The number of aliphatic hydroxyl groups is 3. The molecule has 5 heterocycles. The largest absolute Gasteiger partial charge is 0.466 e. The van der Waals surface area contributed by atoms with Crippen LogP contribution in [-0.4, -0.2) is 94.4 Å². The van der Waals surface area contributed by atoms with E-state index in [1.807, 2.05) is 0 Å². The summed E-state index contributed by atoms with van der Waals surface area (Å²) in [5, 5.41) is 28.7. The second-order valence-corrected chi connectivity index (χ2v) is 7.71. The lowest BCUT2D eigenvalue weighted by Crippen LogP contribution is -2.33. The zero-order valence-corrected chi connectivity index (χ0v) is 17.8. The normalized spacial score (nSPS) is 22.2. The van der Waals surface area contributed by atoms with Gasteiger partial charge in [-0.3, -0.25) is 14.3 Å². The molecule has 1 saturated heterocycles. The van der Waals surface area contributed by atoms with E-state index in [9.17, 15) is 15.0 Å². The minimum absolute atomic E-state index is 0.0388. The lowest BCUT2D eigenvalue weighted by atomic mass is 10.1. The summed E-state index contributed by atoms with van der Waals surface area (Å²) in [5.74, 6) is -0.101. The summed E-state index contributed by atoms with van der Waals surface area (Å²) in [6, 6.07) is 0. The van der Waals surface area contributed by atoms with Crippen molar-refractivity contribution in [3.8, 4) is 0 Å². The summed E-state index contributed by atoms with van der Waals surface area (Å²) < 4.78 is 15.5. The molecular weight excluding hydrogens is 481 g/mol. The molecule has 4 aromatic heterocycles. The lowest BCUT2D eigenvalue weighted by molar-refractivity contribution is -0.0511. The Balaban J connectivity index is 0.000000190. The molecule has 0 saturated carbocycles. The third-order valence-corrected chi connectivity index (χ3v) is 4.34. The van der Waals surface area contributed by atoms with Gasteiger partial charge in [-0.1, -0.05) is 0 Å². The van der Waals surface area contributed by atoms with Crippen molar-refractivity contribution in [3.63, 3.8) is 0 Å². The highest BCUT2D eigenvalue weighted by atomic mass is 31.2. The molecule has 0 amide bonds. The highest BCUT2D eigenvalue weighted by Gasteiger charge is 2.44. The highest BCUT2D eigenvalue weighted by molar-refractivity contribution is 7.45. The number of ether oxygens (including phenoxy) is 1. The van der Waals surface area contributed by atoms with Gasteiger partial charge in [-0.15, -0.1) is 0 Å². The predicted molar refractivity (Wildman–Crippen MR) is 112 cm³/mol. The van der Waals surface area contributed by atoms with Gasteiger partial charge in [-0.05, 0) is 0 Å². The summed E-state index contributed by atoms with van der Waals surface area (Å²) >= 11 is 0. The number of nitrogens with two attached hydrogens (primary N) is 1. The Kier molecular flexibility index (Phi) is 7.64. The molecule has 1 aliphatic rings. The van der Waals surface area contributed by atoms with Gasteiger partial charge < -0.3 is 45.5 Å². The summed E-state index contributed by atoms with van der Waals surface area (Å²) in [7, 11) is -4.64. The molecule has 0 aromatic carbocycles. The Morgan fingerprint density at radius 1 is 1.18 bits per heavy atom. The van der Waals surface area contributed by atoms with Crippen molar-refractivity contribution < 1.29 is 39.3 Å². The Labute approximate surface area is 188 Å². The molecule has 10 N–H and O–H groups in total. The Hall–Kier alpha value is -3.35. The fourth-order valence-electron chi connectivity index (χ4n) is 2.93. The molecule has 0 unspecified atom stereocenters. The van der Waals surface area contributed by atoms with E-state index < -0.39 is 44.5 Å². The number of H-pyrrole nitrogens is 2. The zero-order valence-electron chi connectivity index (χ0n) is 16.9. The molecule has 5 rings (SSSR count). The van der Waals surface area contributed by atoms with E-state index in [4.69, 9.17) is 34.8 Å². The maximum Gasteiger partial charge on any atom is 0.466 e. The number of aromatic nitrogens is 8. The fourth-order valence-corrected chi connectivity index (χ4v) is 2.93. The van der Waals surface area contributed by atoms with Gasteiger partial charge in [0.15, 0.2) is 23.0 Å². The summed E-state index contributed by atoms with van der Waals surface area (Å²) in [6.07, 6.45) is 1.55. The van der Waals surface area contributed by atoms with Gasteiger partial charge in [-0.2, -0.15) is 4.98 Å². The van der Waals surface area contributed by atoms with Crippen LogP contribution in [0.2, 0.25) is 0 Å². The van der Waals surface area contributed by atoms with Gasteiger partial charge in [-0.25, -0.2) is 24.5 Å². The molecule has 4 atom stereocenters. The number of fused-ring (bicyclic) bond motifs is 2. The van der Waals surface area contributed by atoms with Gasteiger partial charge in [0, 0.05) is 0 Å². The summed E-state index contributed by atoms with van der Waals surface area (Å²) in [6.45, 7) is -0.447. The van der Waals surface area contributed by atoms with E-state index in [1.165, 1.54) is 17.2 Å². The van der Waals surface area contributed by atoms with E-state index >= 15 is 0 Å². The number of imidazole rings is 2. The van der Waals surface area contributed by atoms with Gasteiger partial charge >= 0.3 is 7.82 Å². The minimum Gasteiger partial charge on any atom is -0.394 e. The van der Waals surface area contributed by atoms with E-state index in [1.54, 1.807) is 12.5 Å². The number of anilines is 1. The van der Waals surface area contributed by atoms with Crippen LogP contribution >= 0.6 is 7.82 Å². The van der Waals surface area contributed by atoms with Crippen LogP contribution in [0.1, 0.15) is 6.23 Å². The van der Waals surface area contributed by atoms with Crippen LogP contribution in [-0.2, 0) is 9.30 Å². The smallest absolute Gasteiger partial charge is 0.394 e. The molecule has 19 heteroatoms. The second kappa shape index (κ2) is 10.3. The molecule has 1 aliphatic heterocycles. The molecular formula is C15H20N9O9P. The van der Waals surface area contributed by atoms with Crippen molar-refractivity contribution in [1.29, 1.82) is 0 Å². The van der Waals surface area contributed by atoms with E-state index in [0.29, 0.717) is 5.65 Å². The monoisotopic (exact) mass is 501 g/mol. The predicted octanol–water partition coefficient (Wildman–Crippen LogP) is -3.26. The number of nitrogens with one attached hydrogen (secondary N) is 2. The van der Waals surface area contributed by atoms with Crippen molar-refractivity contribution in [3.05, 3.63) is 35.5 Å². The van der Waals surface area contributed by atoms with Crippen LogP contribution in [0.25, 0.3) is 22.3 Å². The maximum absolute atomic E-state index is 11.7. The van der Waals surface area contributed by atoms with Gasteiger partial charge in [0.05, 0.1) is 25.5 Å². The molecule has 0 radical (unpaired) electrons. The number of aliphatic hydroxyl groups excluding tert-OH is 3. The lowest BCUT2D eigenvalue weighted by Gasteiger charge is -2.16. The Bertz CT molecular complexity index is 1310. The molecule has 18 nitrogen and oxygen atoms in total. The van der Waals surface area contributed by atoms with E-state index in [0.717, 1.165) is 5.52 Å². The fraction of sp³-hybridized carbons (Fsp3) is 0.333. The summed E-state index contributed by atoms with van der Waals surface area (Å²) in [4.78, 5) is 57.8. The van der Waals surface area contributed by atoms with E-state index in [2.05, 4.69) is 34.9 Å². The molecule has 0 bridgehead atoms. The first kappa shape index (κ1) is 25.3. The van der Waals surface area contributed by atoms with Crippen LogP contribution in [0.15, 0.2) is 30.0 Å². The van der Waals surface area contributed by atoms with Gasteiger partial charge in [0.1, 0.15) is 30.2 Å². The van der Waals surface area contributed by atoms with Crippen LogP contribution in [0.5, 0.6) is 0 Å². The van der Waals surface area contributed by atoms with Crippen molar-refractivity contribution in [2.75, 3.05) is 12.3 Å². The average molecular weight is 501 g/mol. The second-order valence-electron chi connectivity index (χ2n) is 6.68. The molecule has 34 heavy (non-hydrogen) atoms. The van der Waals surface area contributed by atoms with Crippen LogP contribution < -0.4 is 11.3 Å². The number of hydrogen-bond donors (Lipinski definition) is 9. The third-order valence-electron chi connectivity index (χ3n) is 4.34. The first-order chi connectivity index (χ1) is 16.0. The molecule has 0 aliphatic carbocycles. The Morgan fingerprint density at radius 2 is 1.88 bits per heavy atom. The highest BCUT2D eigenvalue weighted by Crippen LogP contribution is 2.30. The molecule has 184 valence electrons. The number of nitrogen functional groups attached to an aromatic ring is 1. The van der Waals surface area contributed by atoms with Crippen LogP contribution in [0, 0.1) is 0 Å². The first-order valence-electron chi connectivity index (χ1n) is 9.21. The zero-order chi connectivity index (χ0) is 25.0. The third kappa shape index (κ3) is 5.95. The SMILES string of the molecule is Nc1nc2c(ncn2[C@@H]2O[C@H](CO)[C@@H](O)[C@H]2O)c(=O)[nH]1.O=P(O)(O)O.c1ncc2[nH]cnc2n1. The minimum atomic E-state index is -4.64. The van der Waals surface area contributed by atoms with Crippen molar-refractivity contribution in [2.45, 2.75) is 24.5 Å². The summed E-state index contributed by atoms with van der Waals surface area (Å²) in [5.41, 5.74) is 6.70. The van der Waals surface area contributed by atoms with Gasteiger partial charge in [0.2, 0.25) is 5.95 Å². The maximum atomic E-state index is 11.7. The van der Waals surface area contributed by atoms with Crippen molar-refractivity contribution >= 4 is 36.1 Å².